The number of carbonyl (C=O) groups is 3. The molecule has 2 bridgehead atoms. The predicted molar refractivity (Wildman–Crippen MR) is 138 cm³/mol. The lowest BCUT2D eigenvalue weighted by Gasteiger charge is -2.39. The van der Waals surface area contributed by atoms with Crippen LogP contribution in [0.4, 0.5) is 0 Å². The molecule has 3 aliphatic heterocycles. The molecule has 1 aromatic carbocycles. The van der Waals surface area contributed by atoms with Crippen LogP contribution >= 0.6 is 0 Å². The lowest BCUT2D eigenvalue weighted by atomic mass is 9.70. The molecule has 2 unspecified atom stereocenters. The van der Waals surface area contributed by atoms with Gasteiger partial charge in [-0.1, -0.05) is 55.8 Å². The molecule has 2 amide bonds. The summed E-state index contributed by atoms with van der Waals surface area (Å²) in [6.07, 6.45) is 6.14. The smallest absolute Gasteiger partial charge is 0.312 e. The van der Waals surface area contributed by atoms with E-state index in [2.05, 4.69) is 20.1 Å². The number of carbonyl (C=O) groups excluding carboxylic acids is 3. The second kappa shape index (κ2) is 11.6. The van der Waals surface area contributed by atoms with Gasteiger partial charge in [-0.25, -0.2) is 0 Å². The maximum atomic E-state index is 14.3. The fraction of sp³-hybridized carbons (Fsp3) is 0.552. The summed E-state index contributed by atoms with van der Waals surface area (Å²) in [6, 6.07) is 7.48. The molecule has 8 heteroatoms. The maximum Gasteiger partial charge on any atom is 0.312 e. The molecule has 0 radical (unpaired) electrons. The largest absolute Gasteiger partial charge is 0.465 e. The van der Waals surface area contributed by atoms with Gasteiger partial charge in [-0.15, -0.1) is 13.2 Å². The SMILES string of the molecule is C=CCCOC(=O)[C@@H]1[C@H]2C(=O)N([C@H](CO)c3ccccc3)C(C(=O)N(CC=C)CCCC)C23CC[C@H]1O3. The highest BCUT2D eigenvalue weighted by atomic mass is 16.6. The molecule has 3 aliphatic rings. The Balaban J connectivity index is 1.77. The average molecular weight is 511 g/mol. The number of esters is 1. The van der Waals surface area contributed by atoms with Crippen LogP contribution in [0, 0.1) is 11.8 Å². The van der Waals surface area contributed by atoms with Crippen molar-refractivity contribution in [3.05, 3.63) is 61.2 Å². The number of aliphatic hydroxyl groups excluding tert-OH is 1. The molecular weight excluding hydrogens is 472 g/mol. The summed E-state index contributed by atoms with van der Waals surface area (Å²) in [5, 5.41) is 10.5. The predicted octanol–water partition coefficient (Wildman–Crippen LogP) is 3.03. The van der Waals surface area contributed by atoms with Gasteiger partial charge in [-0.2, -0.15) is 0 Å². The zero-order valence-electron chi connectivity index (χ0n) is 21.6. The van der Waals surface area contributed by atoms with E-state index in [1.54, 1.807) is 17.1 Å². The molecule has 6 atom stereocenters. The van der Waals surface area contributed by atoms with Gasteiger partial charge in [-0.3, -0.25) is 14.4 Å². The molecule has 8 nitrogen and oxygen atoms in total. The third-order valence-electron chi connectivity index (χ3n) is 7.95. The van der Waals surface area contributed by atoms with E-state index >= 15 is 0 Å². The Labute approximate surface area is 218 Å². The standard InChI is InChI=1S/C29H38N2O6/c1-4-7-17-30(16-6-3)27(34)25-29-15-14-22(37-29)23(28(35)36-18-8-5-2)24(29)26(33)31(25)21(19-32)20-12-10-9-11-13-20/h5-6,9-13,21-25,32H,2-4,7-8,14-19H2,1H3/t21-,22-,23+,24+,25?,29?/m1/s1. The number of nitrogens with zero attached hydrogens (tertiary/aromatic N) is 2. The monoisotopic (exact) mass is 510 g/mol. The van der Waals surface area contributed by atoms with Crippen molar-refractivity contribution in [3.63, 3.8) is 0 Å². The van der Waals surface area contributed by atoms with Crippen molar-refractivity contribution in [2.45, 2.75) is 62.8 Å². The highest BCUT2D eigenvalue weighted by Gasteiger charge is 2.75. The van der Waals surface area contributed by atoms with Gasteiger partial charge in [0.2, 0.25) is 11.8 Å². The van der Waals surface area contributed by atoms with E-state index in [0.717, 1.165) is 18.4 Å². The lowest BCUT2D eigenvalue weighted by molar-refractivity contribution is -0.156. The Kier molecular flexibility index (Phi) is 8.49. The first kappa shape index (κ1) is 27.1. The van der Waals surface area contributed by atoms with Crippen LogP contribution in [0.25, 0.3) is 0 Å². The van der Waals surface area contributed by atoms with Crippen LogP contribution in [0.1, 0.15) is 50.6 Å². The Hall–Kier alpha value is -2.97. The summed E-state index contributed by atoms with van der Waals surface area (Å²) in [4.78, 5) is 44.9. The summed E-state index contributed by atoms with van der Waals surface area (Å²) in [6.45, 7) is 10.2. The molecule has 0 aromatic heterocycles. The van der Waals surface area contributed by atoms with Gasteiger partial charge in [-0.05, 0) is 31.2 Å². The Morgan fingerprint density at radius 2 is 2.05 bits per heavy atom. The highest BCUT2D eigenvalue weighted by Crippen LogP contribution is 2.60. The van der Waals surface area contributed by atoms with Crippen LogP contribution in [-0.2, 0) is 23.9 Å². The van der Waals surface area contributed by atoms with Crippen molar-refractivity contribution in [3.8, 4) is 0 Å². The number of aliphatic hydroxyl groups is 1. The molecule has 3 fully saturated rings. The quantitative estimate of drug-likeness (QED) is 0.249. The van der Waals surface area contributed by atoms with Crippen molar-refractivity contribution in [1.29, 1.82) is 0 Å². The van der Waals surface area contributed by atoms with Crippen LogP contribution in [-0.4, -0.2) is 76.7 Å². The topological polar surface area (TPSA) is 96.4 Å². The number of ether oxygens (including phenoxy) is 2. The van der Waals surface area contributed by atoms with Gasteiger partial charge in [0.05, 0.1) is 37.2 Å². The summed E-state index contributed by atoms with van der Waals surface area (Å²) < 4.78 is 12.0. The van der Waals surface area contributed by atoms with Crippen LogP contribution in [0.2, 0.25) is 0 Å². The minimum atomic E-state index is -1.14. The third-order valence-corrected chi connectivity index (χ3v) is 7.95. The van der Waals surface area contributed by atoms with E-state index in [4.69, 9.17) is 9.47 Å². The second-order valence-corrected chi connectivity index (χ2v) is 10.1. The van der Waals surface area contributed by atoms with Crippen molar-refractivity contribution < 1.29 is 29.0 Å². The van der Waals surface area contributed by atoms with Gasteiger partial charge in [0.15, 0.2) is 0 Å². The number of hydrogen-bond acceptors (Lipinski definition) is 6. The summed E-state index contributed by atoms with van der Waals surface area (Å²) in [7, 11) is 0. The average Bonchev–Trinajstić information content (AvgIpc) is 3.55. The molecule has 1 spiro atoms. The maximum absolute atomic E-state index is 14.3. The van der Waals surface area contributed by atoms with Crippen LogP contribution in [0.5, 0.6) is 0 Å². The zero-order valence-corrected chi connectivity index (χ0v) is 21.6. The van der Waals surface area contributed by atoms with Crippen LogP contribution in [0.15, 0.2) is 55.6 Å². The van der Waals surface area contributed by atoms with E-state index in [1.807, 2.05) is 30.3 Å². The number of fused-ring (bicyclic) bond motifs is 1. The summed E-state index contributed by atoms with van der Waals surface area (Å²) >= 11 is 0. The Morgan fingerprint density at radius 1 is 1.30 bits per heavy atom. The molecule has 0 saturated carbocycles. The third kappa shape index (κ3) is 4.73. The fourth-order valence-corrected chi connectivity index (χ4v) is 6.31. The Bertz CT molecular complexity index is 1010. The van der Waals surface area contributed by atoms with Crippen molar-refractivity contribution in [1.82, 2.24) is 9.80 Å². The van der Waals surface area contributed by atoms with E-state index in [-0.39, 0.29) is 25.0 Å². The molecule has 4 rings (SSSR count). The van der Waals surface area contributed by atoms with Gasteiger partial charge in [0.25, 0.3) is 0 Å². The minimum absolute atomic E-state index is 0.180. The molecular formula is C29H38N2O6. The van der Waals surface area contributed by atoms with Crippen molar-refractivity contribution >= 4 is 17.8 Å². The first-order chi connectivity index (χ1) is 17.9. The zero-order chi connectivity index (χ0) is 26.6. The highest BCUT2D eigenvalue weighted by molar-refractivity contribution is 5.98. The van der Waals surface area contributed by atoms with E-state index in [1.165, 1.54) is 4.90 Å². The molecule has 1 aromatic rings. The number of benzene rings is 1. The van der Waals surface area contributed by atoms with Crippen molar-refractivity contribution in [2.24, 2.45) is 11.8 Å². The number of likely N-dealkylation sites (tertiary alicyclic amines) is 1. The van der Waals surface area contributed by atoms with E-state index < -0.39 is 41.6 Å². The van der Waals surface area contributed by atoms with E-state index in [0.29, 0.717) is 32.4 Å². The van der Waals surface area contributed by atoms with Crippen molar-refractivity contribution in [2.75, 3.05) is 26.3 Å². The molecule has 200 valence electrons. The number of hydrogen-bond donors (Lipinski definition) is 1. The number of unbranched alkanes of at least 4 members (excludes halogenated alkanes) is 1. The summed E-state index contributed by atoms with van der Waals surface area (Å²) in [5.41, 5.74) is -0.426. The minimum Gasteiger partial charge on any atom is -0.465 e. The number of amides is 2. The first-order valence-electron chi connectivity index (χ1n) is 13.3. The molecule has 37 heavy (non-hydrogen) atoms. The van der Waals surface area contributed by atoms with Gasteiger partial charge >= 0.3 is 5.97 Å². The molecule has 3 heterocycles. The van der Waals surface area contributed by atoms with Gasteiger partial charge < -0.3 is 24.4 Å². The van der Waals surface area contributed by atoms with Crippen LogP contribution in [0.3, 0.4) is 0 Å². The molecule has 1 N–H and O–H groups in total. The Morgan fingerprint density at radius 3 is 2.70 bits per heavy atom. The normalized spacial score (nSPS) is 28.6. The second-order valence-electron chi connectivity index (χ2n) is 10.1. The van der Waals surface area contributed by atoms with E-state index in [9.17, 15) is 19.5 Å². The molecule has 0 aliphatic carbocycles. The summed E-state index contributed by atoms with van der Waals surface area (Å²) in [5.74, 6) is -2.69. The number of rotatable bonds is 13. The molecule has 3 saturated heterocycles. The fourth-order valence-electron chi connectivity index (χ4n) is 6.31. The van der Waals surface area contributed by atoms with Crippen LogP contribution < -0.4 is 0 Å². The van der Waals surface area contributed by atoms with Gasteiger partial charge in [0, 0.05) is 13.1 Å². The first-order valence-corrected chi connectivity index (χ1v) is 13.3. The van der Waals surface area contributed by atoms with Gasteiger partial charge in [0.1, 0.15) is 11.6 Å². The lowest BCUT2D eigenvalue weighted by Crippen LogP contribution is -2.57.